The van der Waals surface area contributed by atoms with E-state index >= 15 is 0 Å². The van der Waals surface area contributed by atoms with Crippen LogP contribution in [0.5, 0.6) is 0 Å². The number of anilines is 1. The van der Waals surface area contributed by atoms with Crippen molar-refractivity contribution in [3.05, 3.63) is 123 Å². The van der Waals surface area contributed by atoms with Gasteiger partial charge >= 0.3 is 0 Å². The molecule has 0 fully saturated rings. The molecule has 0 unspecified atom stereocenters. The zero-order chi connectivity index (χ0) is 26.5. The molecule has 5 aromatic rings. The van der Waals surface area contributed by atoms with E-state index in [0.29, 0.717) is 32.9 Å². The van der Waals surface area contributed by atoms with E-state index in [1.807, 2.05) is 66.7 Å². The number of carbonyl (C=O) groups excluding carboxylic acids is 1. The summed E-state index contributed by atoms with van der Waals surface area (Å²) in [5.41, 5.74) is 3.83. The van der Waals surface area contributed by atoms with E-state index in [1.54, 1.807) is 41.4 Å². The second-order valence-electron chi connectivity index (χ2n) is 8.25. The summed E-state index contributed by atoms with van der Waals surface area (Å²) in [7, 11) is 0. The van der Waals surface area contributed by atoms with E-state index < -0.39 is 5.91 Å². The Morgan fingerprint density at radius 3 is 2.53 bits per heavy atom. The first-order chi connectivity index (χ1) is 18.5. The van der Waals surface area contributed by atoms with Gasteiger partial charge in [-0.3, -0.25) is 10.1 Å². The number of halogens is 2. The molecule has 0 aliphatic heterocycles. The number of nitrogens with zero attached hydrogens (tertiary/aromatic N) is 4. The molecule has 6 nitrogen and oxygen atoms in total. The molecule has 1 amide bonds. The van der Waals surface area contributed by atoms with Crippen molar-refractivity contribution in [1.82, 2.24) is 14.8 Å². The van der Waals surface area contributed by atoms with Crippen LogP contribution in [0.4, 0.5) is 5.13 Å². The monoisotopic (exact) mass is 555 g/mol. The molecule has 2 aromatic heterocycles. The highest BCUT2D eigenvalue weighted by atomic mass is 35.5. The van der Waals surface area contributed by atoms with Gasteiger partial charge in [-0.05, 0) is 42.0 Å². The Bertz CT molecular complexity index is 1670. The Kier molecular flexibility index (Phi) is 7.66. The van der Waals surface area contributed by atoms with Crippen molar-refractivity contribution >= 4 is 51.7 Å². The van der Waals surface area contributed by atoms with Crippen molar-refractivity contribution in [3.8, 4) is 23.0 Å². The van der Waals surface area contributed by atoms with Gasteiger partial charge in [-0.25, -0.2) is 9.67 Å². The summed E-state index contributed by atoms with van der Waals surface area (Å²) in [5.74, 6) is -0.555. The van der Waals surface area contributed by atoms with Crippen LogP contribution in [0.2, 0.25) is 10.0 Å². The van der Waals surface area contributed by atoms with Crippen molar-refractivity contribution in [2.45, 2.75) is 6.42 Å². The van der Waals surface area contributed by atoms with Crippen LogP contribution in [0.25, 0.3) is 23.0 Å². The maximum absolute atomic E-state index is 13.0. The fraction of sp³-hybridized carbons (Fsp3) is 0.0345. The normalized spacial score (nSPS) is 11.2. The van der Waals surface area contributed by atoms with Crippen molar-refractivity contribution in [2.24, 2.45) is 0 Å². The van der Waals surface area contributed by atoms with Crippen LogP contribution in [0.3, 0.4) is 0 Å². The fourth-order valence-electron chi connectivity index (χ4n) is 3.81. The molecule has 2 heterocycles. The molecule has 38 heavy (non-hydrogen) atoms. The molecule has 0 aliphatic carbocycles. The molecule has 0 atom stereocenters. The van der Waals surface area contributed by atoms with Crippen LogP contribution in [0.15, 0.2) is 96.8 Å². The number of aromatic nitrogens is 3. The van der Waals surface area contributed by atoms with Gasteiger partial charge in [0.05, 0.1) is 11.4 Å². The number of hydrogen-bond donors (Lipinski definition) is 1. The fourth-order valence-corrected chi connectivity index (χ4v) is 5.02. The van der Waals surface area contributed by atoms with Crippen LogP contribution in [-0.4, -0.2) is 20.7 Å². The zero-order valence-corrected chi connectivity index (χ0v) is 22.1. The van der Waals surface area contributed by atoms with Gasteiger partial charge in [0.1, 0.15) is 11.6 Å². The number of hydrogen-bond acceptors (Lipinski definition) is 5. The highest BCUT2D eigenvalue weighted by Crippen LogP contribution is 2.28. The first kappa shape index (κ1) is 25.4. The van der Waals surface area contributed by atoms with Crippen LogP contribution in [-0.2, 0) is 11.2 Å². The molecular formula is C29H19Cl2N5OS. The molecule has 0 spiro atoms. The Hall–Kier alpha value is -4.22. The quantitative estimate of drug-likeness (QED) is 0.167. The van der Waals surface area contributed by atoms with Crippen molar-refractivity contribution < 1.29 is 4.79 Å². The lowest BCUT2D eigenvalue weighted by Gasteiger charge is -2.03. The second-order valence-corrected chi connectivity index (χ2v) is 10.2. The molecule has 0 aliphatic rings. The summed E-state index contributed by atoms with van der Waals surface area (Å²) >= 11 is 13.7. The maximum Gasteiger partial charge on any atom is 0.268 e. The average Bonchev–Trinajstić information content (AvgIpc) is 3.57. The molecule has 0 radical (unpaired) electrons. The Morgan fingerprint density at radius 1 is 1.05 bits per heavy atom. The van der Waals surface area contributed by atoms with Gasteiger partial charge < -0.3 is 0 Å². The summed E-state index contributed by atoms with van der Waals surface area (Å²) in [6, 6.07) is 26.6. The van der Waals surface area contributed by atoms with Gasteiger partial charge in [0.15, 0.2) is 5.13 Å². The van der Waals surface area contributed by atoms with Crippen LogP contribution in [0, 0.1) is 11.3 Å². The minimum atomic E-state index is -0.555. The number of carbonyl (C=O) groups is 1. The van der Waals surface area contributed by atoms with Gasteiger partial charge in [0.2, 0.25) is 0 Å². The van der Waals surface area contributed by atoms with Gasteiger partial charge in [-0.15, -0.1) is 11.3 Å². The summed E-state index contributed by atoms with van der Waals surface area (Å²) in [5, 5.41) is 18.9. The lowest BCUT2D eigenvalue weighted by atomic mass is 10.1. The largest absolute Gasteiger partial charge is 0.297 e. The standard InChI is InChI=1S/C29H19Cl2N5OS/c30-23-11-12-26(31)20(14-23)15-25-17-33-29(38-25)34-28(37)21(16-32)13-22-18-36(24-9-5-2-6-10-24)35-27(22)19-7-3-1-4-8-19/h1-14,17-18H,15H2,(H,33,34,37)/b21-13+. The highest BCUT2D eigenvalue weighted by molar-refractivity contribution is 7.15. The Morgan fingerprint density at radius 2 is 1.79 bits per heavy atom. The number of thiazole rings is 1. The predicted molar refractivity (Wildman–Crippen MR) is 153 cm³/mol. The van der Waals surface area contributed by atoms with Crippen molar-refractivity contribution in [2.75, 3.05) is 5.32 Å². The molecule has 0 saturated carbocycles. The smallest absolute Gasteiger partial charge is 0.268 e. The van der Waals surface area contributed by atoms with Gasteiger partial charge in [0.25, 0.3) is 5.91 Å². The molecule has 0 saturated heterocycles. The third-order valence-corrected chi connectivity index (χ3v) is 7.14. The summed E-state index contributed by atoms with van der Waals surface area (Å²) in [6.45, 7) is 0. The number of nitriles is 1. The van der Waals surface area contributed by atoms with E-state index in [0.717, 1.165) is 21.7 Å². The minimum absolute atomic E-state index is 0.0653. The second kappa shape index (κ2) is 11.4. The molecule has 0 bridgehead atoms. The van der Waals surface area contributed by atoms with Gasteiger partial charge in [-0.1, -0.05) is 71.7 Å². The third-order valence-electron chi connectivity index (χ3n) is 5.62. The lowest BCUT2D eigenvalue weighted by molar-refractivity contribution is -0.112. The zero-order valence-electron chi connectivity index (χ0n) is 19.8. The van der Waals surface area contributed by atoms with Gasteiger partial charge in [0, 0.05) is 44.9 Å². The average molecular weight is 556 g/mol. The van der Waals surface area contributed by atoms with Crippen LogP contribution < -0.4 is 5.32 Å². The number of rotatable bonds is 7. The van der Waals surface area contributed by atoms with E-state index in [4.69, 9.17) is 28.3 Å². The van der Waals surface area contributed by atoms with Gasteiger partial charge in [-0.2, -0.15) is 10.4 Å². The van der Waals surface area contributed by atoms with Crippen molar-refractivity contribution in [3.63, 3.8) is 0 Å². The predicted octanol–water partition coefficient (Wildman–Crippen LogP) is 7.44. The Labute approximate surface area is 233 Å². The first-order valence-electron chi connectivity index (χ1n) is 11.5. The third kappa shape index (κ3) is 5.84. The first-order valence-corrected chi connectivity index (χ1v) is 13.1. The molecule has 186 valence electrons. The number of para-hydroxylation sites is 1. The number of amides is 1. The number of benzene rings is 3. The van der Waals surface area contributed by atoms with Crippen LogP contribution >= 0.6 is 34.5 Å². The minimum Gasteiger partial charge on any atom is -0.297 e. The topological polar surface area (TPSA) is 83.6 Å². The summed E-state index contributed by atoms with van der Waals surface area (Å²) in [4.78, 5) is 18.2. The molecule has 1 N–H and O–H groups in total. The van der Waals surface area contributed by atoms with E-state index in [1.165, 1.54) is 11.3 Å². The number of nitrogens with one attached hydrogen (secondary N) is 1. The van der Waals surface area contributed by atoms with E-state index in [9.17, 15) is 10.1 Å². The van der Waals surface area contributed by atoms with E-state index in [2.05, 4.69) is 10.3 Å². The lowest BCUT2D eigenvalue weighted by Crippen LogP contribution is -2.13. The molecular weight excluding hydrogens is 537 g/mol. The maximum atomic E-state index is 13.0. The SMILES string of the molecule is N#C/C(=C\c1cn(-c2ccccc2)nc1-c1ccccc1)C(=O)Nc1ncc(Cc2cc(Cl)ccc2Cl)s1. The molecule has 5 rings (SSSR count). The molecule has 9 heteroatoms. The summed E-state index contributed by atoms with van der Waals surface area (Å²) < 4.78 is 1.73. The van der Waals surface area contributed by atoms with Crippen LogP contribution in [0.1, 0.15) is 16.0 Å². The van der Waals surface area contributed by atoms with E-state index in [-0.39, 0.29) is 5.57 Å². The Balaban J connectivity index is 1.40. The van der Waals surface area contributed by atoms with Crippen molar-refractivity contribution in [1.29, 1.82) is 5.26 Å². The highest BCUT2D eigenvalue weighted by Gasteiger charge is 2.17. The molecule has 3 aromatic carbocycles. The summed E-state index contributed by atoms with van der Waals surface area (Å²) in [6.07, 6.45) is 5.54.